The summed E-state index contributed by atoms with van der Waals surface area (Å²) in [6.07, 6.45) is 0. The third-order valence-electron chi connectivity index (χ3n) is 3.17. The quantitative estimate of drug-likeness (QED) is 0.855. The van der Waals surface area contributed by atoms with Crippen LogP contribution < -0.4 is 20.1 Å². The highest BCUT2D eigenvalue weighted by Crippen LogP contribution is 2.25. The van der Waals surface area contributed by atoms with Crippen LogP contribution in [0.2, 0.25) is 0 Å². The summed E-state index contributed by atoms with van der Waals surface area (Å²) < 4.78 is 10.7. The van der Waals surface area contributed by atoms with Gasteiger partial charge in [-0.1, -0.05) is 6.07 Å². The maximum absolute atomic E-state index is 12.0. The Balaban J connectivity index is 1.91. The van der Waals surface area contributed by atoms with Gasteiger partial charge < -0.3 is 20.1 Å². The summed E-state index contributed by atoms with van der Waals surface area (Å²) in [7, 11) is 1.55. The van der Waals surface area contributed by atoms with Crippen LogP contribution in [0, 0.1) is 6.92 Å². The number of carbonyl (C=O) groups excluding carboxylic acids is 2. The number of hydrogen-bond acceptors (Lipinski definition) is 4. The van der Waals surface area contributed by atoms with Crippen LogP contribution in [-0.2, 0) is 9.59 Å². The van der Waals surface area contributed by atoms with Gasteiger partial charge in [0.1, 0.15) is 11.5 Å². The first-order valence-corrected chi connectivity index (χ1v) is 7.43. The van der Waals surface area contributed by atoms with Crippen molar-refractivity contribution in [3.63, 3.8) is 0 Å². The van der Waals surface area contributed by atoms with E-state index < -0.39 is 0 Å². The second-order valence-corrected chi connectivity index (χ2v) is 5.25. The van der Waals surface area contributed by atoms with E-state index in [9.17, 15) is 9.59 Å². The fourth-order valence-corrected chi connectivity index (χ4v) is 2.09. The zero-order valence-electron chi connectivity index (χ0n) is 13.9. The molecule has 0 bridgehead atoms. The Kier molecular flexibility index (Phi) is 5.78. The molecule has 0 aliphatic carbocycles. The van der Waals surface area contributed by atoms with Crippen molar-refractivity contribution in [1.29, 1.82) is 0 Å². The highest BCUT2D eigenvalue weighted by atomic mass is 16.5. The van der Waals surface area contributed by atoms with Crippen LogP contribution in [0.25, 0.3) is 0 Å². The van der Waals surface area contributed by atoms with E-state index >= 15 is 0 Å². The maximum atomic E-state index is 12.0. The molecule has 0 aliphatic heterocycles. The largest absolute Gasteiger partial charge is 0.495 e. The van der Waals surface area contributed by atoms with Crippen molar-refractivity contribution in [2.45, 2.75) is 13.8 Å². The Labute approximate surface area is 140 Å². The monoisotopic (exact) mass is 328 g/mol. The number of amides is 2. The summed E-state index contributed by atoms with van der Waals surface area (Å²) in [5.74, 6) is 0.698. The molecule has 0 unspecified atom stereocenters. The number of ether oxygens (including phenoxy) is 2. The van der Waals surface area contributed by atoms with Gasteiger partial charge in [-0.2, -0.15) is 0 Å². The first kappa shape index (κ1) is 17.3. The molecule has 0 aliphatic rings. The van der Waals surface area contributed by atoms with Gasteiger partial charge >= 0.3 is 0 Å². The fraction of sp³-hybridized carbons (Fsp3) is 0.222. The molecule has 0 atom stereocenters. The lowest BCUT2D eigenvalue weighted by molar-refractivity contribution is -0.118. The molecular weight excluding hydrogens is 308 g/mol. The number of hydrogen-bond donors (Lipinski definition) is 2. The Bertz CT molecular complexity index is 726. The van der Waals surface area contributed by atoms with E-state index in [0.29, 0.717) is 22.9 Å². The van der Waals surface area contributed by atoms with E-state index in [2.05, 4.69) is 10.6 Å². The minimum atomic E-state index is -0.287. The van der Waals surface area contributed by atoms with Crippen molar-refractivity contribution >= 4 is 23.2 Å². The highest BCUT2D eigenvalue weighted by Gasteiger charge is 2.08. The molecule has 0 spiro atoms. The van der Waals surface area contributed by atoms with Gasteiger partial charge in [0.2, 0.25) is 5.91 Å². The van der Waals surface area contributed by atoms with E-state index in [-0.39, 0.29) is 18.4 Å². The Morgan fingerprint density at radius 2 is 1.75 bits per heavy atom. The average molecular weight is 328 g/mol. The van der Waals surface area contributed by atoms with Crippen molar-refractivity contribution in [1.82, 2.24) is 0 Å². The van der Waals surface area contributed by atoms with E-state index in [0.717, 1.165) is 5.56 Å². The zero-order valence-corrected chi connectivity index (χ0v) is 13.9. The van der Waals surface area contributed by atoms with Crippen molar-refractivity contribution in [3.05, 3.63) is 48.0 Å². The third kappa shape index (κ3) is 5.01. The van der Waals surface area contributed by atoms with Crippen molar-refractivity contribution < 1.29 is 19.1 Å². The molecule has 2 aromatic carbocycles. The number of nitrogens with one attached hydrogen (secondary N) is 2. The molecule has 6 nitrogen and oxygen atoms in total. The minimum Gasteiger partial charge on any atom is -0.495 e. The average Bonchev–Trinajstić information content (AvgIpc) is 2.54. The molecule has 2 rings (SSSR count). The lowest BCUT2D eigenvalue weighted by Gasteiger charge is -2.12. The predicted molar refractivity (Wildman–Crippen MR) is 92.6 cm³/mol. The van der Waals surface area contributed by atoms with Gasteiger partial charge in [-0.25, -0.2) is 0 Å². The van der Waals surface area contributed by atoms with Crippen molar-refractivity contribution in [2.75, 3.05) is 24.4 Å². The topological polar surface area (TPSA) is 76.7 Å². The SMILES string of the molecule is COc1ccc(C)cc1NC(=O)COc1ccc(NC(C)=O)cc1. The second kappa shape index (κ2) is 8.01. The van der Waals surface area contributed by atoms with Gasteiger partial charge in [0.25, 0.3) is 5.91 Å². The second-order valence-electron chi connectivity index (χ2n) is 5.25. The number of methoxy groups -OCH3 is 1. The molecule has 0 heterocycles. The molecule has 2 amide bonds. The van der Waals surface area contributed by atoms with Gasteiger partial charge in [0.15, 0.2) is 6.61 Å². The summed E-state index contributed by atoms with van der Waals surface area (Å²) in [5.41, 5.74) is 2.29. The minimum absolute atomic E-state index is 0.128. The molecule has 0 radical (unpaired) electrons. The summed E-state index contributed by atoms with van der Waals surface area (Å²) in [4.78, 5) is 23.0. The van der Waals surface area contributed by atoms with Gasteiger partial charge in [-0.05, 0) is 48.9 Å². The lowest BCUT2D eigenvalue weighted by Crippen LogP contribution is -2.20. The van der Waals surface area contributed by atoms with Crippen LogP contribution >= 0.6 is 0 Å². The number of anilines is 2. The first-order valence-electron chi connectivity index (χ1n) is 7.43. The number of benzene rings is 2. The van der Waals surface area contributed by atoms with E-state index in [1.165, 1.54) is 6.92 Å². The highest BCUT2D eigenvalue weighted by molar-refractivity contribution is 5.93. The van der Waals surface area contributed by atoms with E-state index in [4.69, 9.17) is 9.47 Å². The van der Waals surface area contributed by atoms with Crippen LogP contribution in [0.5, 0.6) is 11.5 Å². The number of carbonyl (C=O) groups is 2. The van der Waals surface area contributed by atoms with Gasteiger partial charge in [-0.3, -0.25) is 9.59 Å². The standard InChI is InChI=1S/C18H20N2O4/c1-12-4-9-17(23-3)16(10-12)20-18(22)11-24-15-7-5-14(6-8-15)19-13(2)21/h4-10H,11H2,1-3H3,(H,19,21)(H,20,22). The molecule has 2 N–H and O–H groups in total. The van der Waals surface area contributed by atoms with Gasteiger partial charge in [0.05, 0.1) is 12.8 Å². The third-order valence-corrected chi connectivity index (χ3v) is 3.17. The molecule has 24 heavy (non-hydrogen) atoms. The predicted octanol–water partition coefficient (Wildman–Crippen LogP) is 2.98. The number of aryl methyl sites for hydroxylation is 1. The first-order chi connectivity index (χ1) is 11.5. The van der Waals surface area contributed by atoms with E-state index in [1.54, 1.807) is 37.4 Å². The normalized spacial score (nSPS) is 9.96. The number of rotatable bonds is 6. The summed E-state index contributed by atoms with van der Waals surface area (Å²) in [6.45, 7) is 3.24. The molecule has 6 heteroatoms. The fourth-order valence-electron chi connectivity index (χ4n) is 2.09. The molecule has 0 aromatic heterocycles. The van der Waals surface area contributed by atoms with Crippen LogP contribution in [0.15, 0.2) is 42.5 Å². The Morgan fingerprint density at radius 1 is 1.04 bits per heavy atom. The van der Waals surface area contributed by atoms with Gasteiger partial charge in [-0.15, -0.1) is 0 Å². The van der Waals surface area contributed by atoms with Crippen molar-refractivity contribution in [2.24, 2.45) is 0 Å². The van der Waals surface area contributed by atoms with Crippen LogP contribution in [-0.4, -0.2) is 25.5 Å². The smallest absolute Gasteiger partial charge is 0.262 e. The molecule has 0 saturated heterocycles. The molecule has 0 fully saturated rings. The van der Waals surface area contributed by atoms with Gasteiger partial charge in [0, 0.05) is 12.6 Å². The summed E-state index contributed by atoms with van der Waals surface area (Å²) >= 11 is 0. The maximum Gasteiger partial charge on any atom is 0.262 e. The summed E-state index contributed by atoms with van der Waals surface area (Å²) in [6, 6.07) is 12.3. The lowest BCUT2D eigenvalue weighted by atomic mass is 10.2. The van der Waals surface area contributed by atoms with Crippen LogP contribution in [0.4, 0.5) is 11.4 Å². The van der Waals surface area contributed by atoms with E-state index in [1.807, 2.05) is 19.1 Å². The molecule has 126 valence electrons. The molecule has 0 saturated carbocycles. The van der Waals surface area contributed by atoms with Crippen molar-refractivity contribution in [3.8, 4) is 11.5 Å². The summed E-state index contributed by atoms with van der Waals surface area (Å²) in [5, 5.41) is 5.42. The Hall–Kier alpha value is -3.02. The Morgan fingerprint density at radius 3 is 2.38 bits per heavy atom. The molecule has 2 aromatic rings. The van der Waals surface area contributed by atoms with Crippen LogP contribution in [0.3, 0.4) is 0 Å². The van der Waals surface area contributed by atoms with Crippen LogP contribution in [0.1, 0.15) is 12.5 Å². The zero-order chi connectivity index (χ0) is 17.5. The molecular formula is C18H20N2O4.